The van der Waals surface area contributed by atoms with E-state index in [4.69, 9.17) is 5.73 Å². The predicted molar refractivity (Wildman–Crippen MR) is 74.5 cm³/mol. The van der Waals surface area contributed by atoms with Gasteiger partial charge in [0.2, 0.25) is 0 Å². The average molecular weight is 225 g/mol. The fraction of sp³-hybridized carbons (Fsp3) is 0.867. The molecule has 0 aromatic carbocycles. The highest BCUT2D eigenvalue weighted by molar-refractivity contribution is 4.97. The highest BCUT2D eigenvalue weighted by Gasteiger charge is 2.21. The third kappa shape index (κ3) is 6.32. The second-order valence-corrected chi connectivity index (χ2v) is 5.12. The van der Waals surface area contributed by atoms with Crippen molar-refractivity contribution in [2.45, 2.75) is 72.3 Å². The average Bonchev–Trinajstić information content (AvgIpc) is 2.29. The van der Waals surface area contributed by atoms with E-state index in [1.807, 2.05) is 13.8 Å². The predicted octanol–water partition coefficient (Wildman–Crippen LogP) is 4.52. The molecule has 1 unspecified atom stereocenters. The zero-order chi connectivity index (χ0) is 12.6. The van der Waals surface area contributed by atoms with Crippen LogP contribution in [0.15, 0.2) is 12.2 Å². The Hall–Kier alpha value is -0.300. The molecule has 1 nitrogen and oxygen atoms in total. The molecule has 1 aliphatic carbocycles. The standard InChI is InChI=1S/C13H25N.C2H6/c1-10(2)13-8-6-12(7-9-13)5-4-11(3)14;1-2/h11-13H,1,4-9,14H2,2-3H3;1-2H3. The molecule has 1 heteroatoms. The van der Waals surface area contributed by atoms with Crippen LogP contribution in [-0.4, -0.2) is 6.04 Å². The van der Waals surface area contributed by atoms with Gasteiger partial charge in [-0.3, -0.25) is 0 Å². The molecule has 96 valence electrons. The van der Waals surface area contributed by atoms with E-state index in [1.54, 1.807) is 0 Å². The van der Waals surface area contributed by atoms with E-state index in [0.29, 0.717) is 6.04 Å². The Bertz CT molecular complexity index is 176. The van der Waals surface area contributed by atoms with Gasteiger partial charge >= 0.3 is 0 Å². The second kappa shape index (κ2) is 8.81. The number of allylic oxidation sites excluding steroid dienone is 1. The van der Waals surface area contributed by atoms with Crippen LogP contribution in [0.3, 0.4) is 0 Å². The third-order valence-corrected chi connectivity index (χ3v) is 3.57. The summed E-state index contributed by atoms with van der Waals surface area (Å²) in [5.74, 6) is 1.75. The van der Waals surface area contributed by atoms with E-state index in [-0.39, 0.29) is 0 Å². The van der Waals surface area contributed by atoms with Gasteiger partial charge in [-0.05, 0) is 64.2 Å². The van der Waals surface area contributed by atoms with Crippen LogP contribution in [0.1, 0.15) is 66.2 Å². The molecule has 0 aromatic heterocycles. The van der Waals surface area contributed by atoms with E-state index < -0.39 is 0 Å². The summed E-state index contributed by atoms with van der Waals surface area (Å²) in [5.41, 5.74) is 7.16. The summed E-state index contributed by atoms with van der Waals surface area (Å²) in [6, 6.07) is 0.383. The summed E-state index contributed by atoms with van der Waals surface area (Å²) in [7, 11) is 0. The molecule has 2 N–H and O–H groups in total. The second-order valence-electron chi connectivity index (χ2n) is 5.12. The molecular formula is C15H31N. The molecule has 0 spiro atoms. The van der Waals surface area contributed by atoms with Crippen molar-refractivity contribution in [3.8, 4) is 0 Å². The van der Waals surface area contributed by atoms with Crippen LogP contribution in [0.4, 0.5) is 0 Å². The first-order valence-corrected chi connectivity index (χ1v) is 7.00. The van der Waals surface area contributed by atoms with E-state index in [2.05, 4.69) is 20.4 Å². The molecule has 0 aliphatic heterocycles. The zero-order valence-corrected chi connectivity index (χ0v) is 11.8. The summed E-state index contributed by atoms with van der Waals surface area (Å²) in [6.45, 7) is 12.3. The maximum atomic E-state index is 5.77. The highest BCUT2D eigenvalue weighted by Crippen LogP contribution is 2.34. The Morgan fingerprint density at radius 1 is 1.25 bits per heavy atom. The van der Waals surface area contributed by atoms with Crippen LogP contribution in [0.2, 0.25) is 0 Å². The Morgan fingerprint density at radius 3 is 2.12 bits per heavy atom. The Labute approximate surface area is 102 Å². The summed E-state index contributed by atoms with van der Waals surface area (Å²) in [4.78, 5) is 0. The molecule has 1 atom stereocenters. The van der Waals surface area contributed by atoms with Gasteiger partial charge in [-0.1, -0.05) is 26.0 Å². The van der Waals surface area contributed by atoms with Crippen LogP contribution in [0.5, 0.6) is 0 Å². The minimum absolute atomic E-state index is 0.383. The van der Waals surface area contributed by atoms with E-state index >= 15 is 0 Å². The molecule has 0 amide bonds. The monoisotopic (exact) mass is 225 g/mol. The van der Waals surface area contributed by atoms with Gasteiger partial charge < -0.3 is 5.73 Å². The summed E-state index contributed by atoms with van der Waals surface area (Å²) >= 11 is 0. The van der Waals surface area contributed by atoms with Gasteiger partial charge in [0.15, 0.2) is 0 Å². The van der Waals surface area contributed by atoms with Crippen LogP contribution in [0.25, 0.3) is 0 Å². The Balaban J connectivity index is 0.00000106. The van der Waals surface area contributed by atoms with Gasteiger partial charge in [-0.15, -0.1) is 0 Å². The van der Waals surface area contributed by atoms with Gasteiger partial charge in [-0.25, -0.2) is 0 Å². The summed E-state index contributed by atoms with van der Waals surface area (Å²) < 4.78 is 0. The first-order chi connectivity index (χ1) is 7.59. The lowest BCUT2D eigenvalue weighted by Crippen LogP contribution is -2.19. The Kier molecular flexibility index (Phi) is 8.64. The molecule has 0 saturated heterocycles. The molecular weight excluding hydrogens is 194 g/mol. The van der Waals surface area contributed by atoms with Crippen molar-refractivity contribution in [3.63, 3.8) is 0 Å². The normalized spacial score (nSPS) is 26.6. The fourth-order valence-electron chi connectivity index (χ4n) is 2.44. The lowest BCUT2D eigenvalue weighted by molar-refractivity contribution is 0.280. The van der Waals surface area contributed by atoms with Gasteiger partial charge in [0.25, 0.3) is 0 Å². The van der Waals surface area contributed by atoms with Crippen molar-refractivity contribution < 1.29 is 0 Å². The molecule has 0 aromatic rings. The smallest absolute Gasteiger partial charge is 0.00105 e. The molecule has 16 heavy (non-hydrogen) atoms. The number of nitrogens with two attached hydrogens (primary N) is 1. The Morgan fingerprint density at radius 2 is 1.75 bits per heavy atom. The number of hydrogen-bond acceptors (Lipinski definition) is 1. The first-order valence-electron chi connectivity index (χ1n) is 7.00. The van der Waals surface area contributed by atoms with Gasteiger partial charge in [0.05, 0.1) is 0 Å². The van der Waals surface area contributed by atoms with Crippen molar-refractivity contribution in [3.05, 3.63) is 12.2 Å². The number of hydrogen-bond donors (Lipinski definition) is 1. The lowest BCUT2D eigenvalue weighted by Gasteiger charge is -2.29. The number of rotatable bonds is 4. The maximum Gasteiger partial charge on any atom is 0.00105 e. The molecule has 0 bridgehead atoms. The molecule has 1 saturated carbocycles. The molecule has 0 heterocycles. The van der Waals surface area contributed by atoms with Crippen LogP contribution < -0.4 is 5.73 Å². The van der Waals surface area contributed by atoms with Crippen LogP contribution in [0, 0.1) is 11.8 Å². The van der Waals surface area contributed by atoms with Crippen molar-refractivity contribution in [1.29, 1.82) is 0 Å². The van der Waals surface area contributed by atoms with E-state index in [1.165, 1.54) is 44.1 Å². The van der Waals surface area contributed by atoms with Gasteiger partial charge in [-0.2, -0.15) is 0 Å². The van der Waals surface area contributed by atoms with Crippen molar-refractivity contribution in [1.82, 2.24) is 0 Å². The van der Waals surface area contributed by atoms with Crippen molar-refractivity contribution in [2.75, 3.05) is 0 Å². The lowest BCUT2D eigenvalue weighted by atomic mass is 9.77. The SMILES string of the molecule is C=C(C)C1CCC(CCC(C)N)CC1.CC. The molecule has 0 radical (unpaired) electrons. The molecule has 1 rings (SSSR count). The largest absolute Gasteiger partial charge is 0.328 e. The zero-order valence-electron chi connectivity index (χ0n) is 11.8. The van der Waals surface area contributed by atoms with Crippen molar-refractivity contribution in [2.24, 2.45) is 17.6 Å². The minimum atomic E-state index is 0.383. The molecule has 1 aliphatic rings. The molecule has 1 fully saturated rings. The quantitative estimate of drug-likeness (QED) is 0.699. The first kappa shape index (κ1) is 15.7. The third-order valence-electron chi connectivity index (χ3n) is 3.57. The maximum absolute atomic E-state index is 5.77. The fourth-order valence-corrected chi connectivity index (χ4v) is 2.44. The topological polar surface area (TPSA) is 26.0 Å². The van der Waals surface area contributed by atoms with Crippen LogP contribution in [-0.2, 0) is 0 Å². The van der Waals surface area contributed by atoms with E-state index in [9.17, 15) is 0 Å². The minimum Gasteiger partial charge on any atom is -0.328 e. The van der Waals surface area contributed by atoms with Gasteiger partial charge in [0.1, 0.15) is 0 Å². The summed E-state index contributed by atoms with van der Waals surface area (Å²) in [5, 5.41) is 0. The van der Waals surface area contributed by atoms with Crippen LogP contribution >= 0.6 is 0 Å². The highest BCUT2D eigenvalue weighted by atomic mass is 14.6. The van der Waals surface area contributed by atoms with Gasteiger partial charge in [0, 0.05) is 6.04 Å². The van der Waals surface area contributed by atoms with E-state index in [0.717, 1.165) is 11.8 Å². The van der Waals surface area contributed by atoms with Crippen molar-refractivity contribution >= 4 is 0 Å². The summed E-state index contributed by atoms with van der Waals surface area (Å²) in [6.07, 6.45) is 8.04.